The van der Waals surface area contributed by atoms with E-state index in [1.54, 1.807) is 18.4 Å². The molecule has 3 rings (SSSR count). The molecule has 0 amide bonds. The van der Waals surface area contributed by atoms with E-state index in [0.717, 1.165) is 41.8 Å². The van der Waals surface area contributed by atoms with Crippen LogP contribution in [0.1, 0.15) is 6.92 Å². The molecule has 1 aromatic carbocycles. The number of nitrogens with zero attached hydrogens (tertiary/aromatic N) is 2. The Morgan fingerprint density at radius 2 is 2.15 bits per heavy atom. The van der Waals surface area contributed by atoms with Gasteiger partial charge in [0, 0.05) is 24.0 Å². The van der Waals surface area contributed by atoms with Gasteiger partial charge in [-0.25, -0.2) is 4.98 Å². The van der Waals surface area contributed by atoms with E-state index in [0.29, 0.717) is 0 Å². The first-order valence-corrected chi connectivity index (χ1v) is 7.61. The van der Waals surface area contributed by atoms with Gasteiger partial charge in [-0.3, -0.25) is 0 Å². The fourth-order valence-corrected chi connectivity index (χ4v) is 3.17. The molecule has 1 unspecified atom stereocenters. The monoisotopic (exact) mass is 290 g/mol. The summed E-state index contributed by atoms with van der Waals surface area (Å²) in [6.07, 6.45) is 0.275. The minimum absolute atomic E-state index is 0.275. The lowest BCUT2D eigenvalue weighted by atomic mass is 10.2. The Bertz CT molecular complexity index is 568. The second-order valence-corrected chi connectivity index (χ2v) is 5.71. The van der Waals surface area contributed by atoms with Crippen molar-refractivity contribution in [3.05, 3.63) is 29.6 Å². The van der Waals surface area contributed by atoms with Crippen LogP contribution in [0.25, 0.3) is 11.3 Å². The summed E-state index contributed by atoms with van der Waals surface area (Å²) in [5.74, 6) is 0.867. The van der Waals surface area contributed by atoms with Crippen LogP contribution in [0.5, 0.6) is 5.75 Å². The van der Waals surface area contributed by atoms with Gasteiger partial charge in [0.1, 0.15) is 5.75 Å². The molecule has 1 aliphatic rings. The fourth-order valence-electron chi connectivity index (χ4n) is 2.30. The summed E-state index contributed by atoms with van der Waals surface area (Å²) in [6.45, 7) is 4.71. The van der Waals surface area contributed by atoms with Crippen molar-refractivity contribution in [1.29, 1.82) is 0 Å². The Morgan fingerprint density at radius 1 is 1.35 bits per heavy atom. The highest BCUT2D eigenvalue weighted by Crippen LogP contribution is 2.29. The van der Waals surface area contributed by atoms with Crippen LogP contribution in [-0.2, 0) is 4.74 Å². The molecule has 0 N–H and O–H groups in total. The van der Waals surface area contributed by atoms with E-state index in [1.165, 1.54) is 0 Å². The van der Waals surface area contributed by atoms with Gasteiger partial charge in [-0.1, -0.05) is 0 Å². The molecule has 0 bridgehead atoms. The molecule has 1 aromatic heterocycles. The average molecular weight is 290 g/mol. The van der Waals surface area contributed by atoms with Gasteiger partial charge in [0.25, 0.3) is 0 Å². The van der Waals surface area contributed by atoms with Crippen molar-refractivity contribution in [2.24, 2.45) is 0 Å². The van der Waals surface area contributed by atoms with Crippen LogP contribution in [0.4, 0.5) is 5.13 Å². The van der Waals surface area contributed by atoms with Gasteiger partial charge in [0.2, 0.25) is 0 Å². The third-order valence-corrected chi connectivity index (χ3v) is 4.29. The van der Waals surface area contributed by atoms with Gasteiger partial charge in [-0.05, 0) is 31.2 Å². The largest absolute Gasteiger partial charge is 0.497 e. The minimum atomic E-state index is 0.275. The zero-order valence-electron chi connectivity index (χ0n) is 11.7. The molecule has 5 heteroatoms. The third kappa shape index (κ3) is 2.78. The van der Waals surface area contributed by atoms with Crippen molar-refractivity contribution in [3.8, 4) is 17.0 Å². The highest BCUT2D eigenvalue weighted by atomic mass is 32.1. The standard InChI is InChI=1S/C15H18N2O2S/c1-11-9-17(7-8-19-11)15-16-14(10-20-15)12-3-5-13(18-2)6-4-12/h3-6,10-11H,7-9H2,1-2H3. The molecule has 1 saturated heterocycles. The zero-order chi connectivity index (χ0) is 13.9. The van der Waals surface area contributed by atoms with Crippen LogP contribution < -0.4 is 9.64 Å². The quantitative estimate of drug-likeness (QED) is 0.870. The van der Waals surface area contributed by atoms with Gasteiger partial charge in [-0.15, -0.1) is 11.3 Å². The van der Waals surface area contributed by atoms with Crippen LogP contribution in [0, 0.1) is 0 Å². The van der Waals surface area contributed by atoms with E-state index in [4.69, 9.17) is 14.5 Å². The van der Waals surface area contributed by atoms with Crippen molar-refractivity contribution in [1.82, 2.24) is 4.98 Å². The Hall–Kier alpha value is -1.59. The smallest absolute Gasteiger partial charge is 0.186 e. The minimum Gasteiger partial charge on any atom is -0.497 e. The first-order valence-electron chi connectivity index (χ1n) is 6.73. The zero-order valence-corrected chi connectivity index (χ0v) is 12.5. The summed E-state index contributed by atoms with van der Waals surface area (Å²) in [4.78, 5) is 7.04. The normalized spacial score (nSPS) is 19.1. The van der Waals surface area contributed by atoms with E-state index in [-0.39, 0.29) is 6.10 Å². The van der Waals surface area contributed by atoms with E-state index in [9.17, 15) is 0 Å². The van der Waals surface area contributed by atoms with Gasteiger partial charge in [0.15, 0.2) is 5.13 Å². The predicted octanol–water partition coefficient (Wildman–Crippen LogP) is 3.04. The molecule has 106 valence electrons. The second kappa shape index (κ2) is 5.81. The maximum Gasteiger partial charge on any atom is 0.186 e. The van der Waals surface area contributed by atoms with Crippen molar-refractivity contribution in [2.45, 2.75) is 13.0 Å². The fraction of sp³-hybridized carbons (Fsp3) is 0.400. The number of morpholine rings is 1. The molecule has 0 radical (unpaired) electrons. The molecule has 20 heavy (non-hydrogen) atoms. The van der Waals surface area contributed by atoms with Crippen molar-refractivity contribution >= 4 is 16.5 Å². The Balaban J connectivity index is 1.78. The summed E-state index contributed by atoms with van der Waals surface area (Å²) < 4.78 is 10.7. The number of benzene rings is 1. The molecular weight excluding hydrogens is 272 g/mol. The highest BCUT2D eigenvalue weighted by Gasteiger charge is 2.19. The summed E-state index contributed by atoms with van der Waals surface area (Å²) in [6, 6.07) is 8.01. The molecule has 4 nitrogen and oxygen atoms in total. The van der Waals surface area contributed by atoms with Gasteiger partial charge in [0.05, 0.1) is 25.5 Å². The van der Waals surface area contributed by atoms with Gasteiger partial charge < -0.3 is 14.4 Å². The molecule has 1 fully saturated rings. The Labute approximate surface area is 123 Å². The van der Waals surface area contributed by atoms with Crippen LogP contribution in [0.15, 0.2) is 29.6 Å². The van der Waals surface area contributed by atoms with Crippen LogP contribution in [0.2, 0.25) is 0 Å². The SMILES string of the molecule is COc1ccc(-c2csc(N3CCOC(C)C3)n2)cc1. The van der Waals surface area contributed by atoms with E-state index in [1.807, 2.05) is 24.3 Å². The molecule has 0 aliphatic carbocycles. The molecule has 0 spiro atoms. The topological polar surface area (TPSA) is 34.6 Å². The van der Waals surface area contributed by atoms with Crippen molar-refractivity contribution in [2.75, 3.05) is 31.7 Å². The summed E-state index contributed by atoms with van der Waals surface area (Å²) in [7, 11) is 1.68. The van der Waals surface area contributed by atoms with Crippen molar-refractivity contribution < 1.29 is 9.47 Å². The van der Waals surface area contributed by atoms with E-state index < -0.39 is 0 Å². The number of aromatic nitrogens is 1. The lowest BCUT2D eigenvalue weighted by Crippen LogP contribution is -2.41. The maximum absolute atomic E-state index is 5.57. The average Bonchev–Trinajstić information content (AvgIpc) is 2.97. The van der Waals surface area contributed by atoms with Crippen LogP contribution in [-0.4, -0.2) is 37.9 Å². The molecule has 1 atom stereocenters. The molecule has 2 heterocycles. The lowest BCUT2D eigenvalue weighted by Gasteiger charge is -2.30. The maximum atomic E-state index is 5.57. The number of methoxy groups -OCH3 is 1. The number of anilines is 1. The highest BCUT2D eigenvalue weighted by molar-refractivity contribution is 7.14. The molecule has 2 aromatic rings. The molecular formula is C15H18N2O2S. The van der Waals surface area contributed by atoms with E-state index in [2.05, 4.69) is 17.2 Å². The third-order valence-electron chi connectivity index (χ3n) is 3.39. The lowest BCUT2D eigenvalue weighted by molar-refractivity contribution is 0.0532. The van der Waals surface area contributed by atoms with Crippen LogP contribution >= 0.6 is 11.3 Å². The van der Waals surface area contributed by atoms with Crippen molar-refractivity contribution in [3.63, 3.8) is 0 Å². The molecule has 0 saturated carbocycles. The predicted molar refractivity (Wildman–Crippen MR) is 81.7 cm³/mol. The summed E-state index contributed by atoms with van der Waals surface area (Å²) >= 11 is 1.69. The Morgan fingerprint density at radius 3 is 2.85 bits per heavy atom. The van der Waals surface area contributed by atoms with Gasteiger partial charge in [-0.2, -0.15) is 0 Å². The Kier molecular flexibility index (Phi) is 3.89. The number of ether oxygens (including phenoxy) is 2. The summed E-state index contributed by atoms with van der Waals surface area (Å²) in [5.41, 5.74) is 2.14. The second-order valence-electron chi connectivity index (χ2n) is 4.87. The number of thiazole rings is 1. The van der Waals surface area contributed by atoms with E-state index >= 15 is 0 Å². The number of hydrogen-bond donors (Lipinski definition) is 0. The summed E-state index contributed by atoms with van der Waals surface area (Å²) in [5, 5.41) is 3.18. The first-order chi connectivity index (χ1) is 9.76. The molecule has 1 aliphatic heterocycles. The van der Waals surface area contributed by atoms with Gasteiger partial charge >= 0.3 is 0 Å². The number of hydrogen-bond acceptors (Lipinski definition) is 5. The van der Waals surface area contributed by atoms with Crippen LogP contribution in [0.3, 0.4) is 0 Å². The number of rotatable bonds is 3. The first kappa shape index (κ1) is 13.4.